The van der Waals surface area contributed by atoms with Crippen LogP contribution in [0, 0.1) is 0 Å². The van der Waals surface area contributed by atoms with Crippen LogP contribution in [0.2, 0.25) is 0 Å². The molecule has 25 heavy (non-hydrogen) atoms. The van der Waals surface area contributed by atoms with Crippen molar-refractivity contribution in [3.05, 3.63) is 40.3 Å². The van der Waals surface area contributed by atoms with Crippen molar-refractivity contribution in [3.63, 3.8) is 0 Å². The first kappa shape index (κ1) is 19.0. The van der Waals surface area contributed by atoms with Gasteiger partial charge < -0.3 is 15.8 Å². The van der Waals surface area contributed by atoms with E-state index in [0.29, 0.717) is 11.4 Å². The highest BCUT2D eigenvalue weighted by atomic mass is 32.1. The van der Waals surface area contributed by atoms with E-state index in [-0.39, 0.29) is 18.6 Å². The van der Waals surface area contributed by atoms with Gasteiger partial charge in [-0.15, -0.1) is 11.3 Å². The molecule has 0 atom stereocenters. The molecule has 0 saturated heterocycles. The summed E-state index contributed by atoms with van der Waals surface area (Å²) in [7, 11) is 0. The Balaban J connectivity index is 1.84. The number of nitrogens with zero attached hydrogens (tertiary/aromatic N) is 2. The molecule has 0 aliphatic rings. The summed E-state index contributed by atoms with van der Waals surface area (Å²) >= 11 is 0.963. The number of alkyl halides is 3. The molecule has 136 valence electrons. The van der Waals surface area contributed by atoms with Crippen LogP contribution in [0.4, 0.5) is 18.9 Å². The summed E-state index contributed by atoms with van der Waals surface area (Å²) in [5.74, 6) is 0.936. The SMILES string of the molecule is CC(C)Oc1ccc(NC(N)=NCCc2nc(C(F)(F)F)cs2)cc1. The zero-order chi connectivity index (χ0) is 18.4. The van der Waals surface area contributed by atoms with Gasteiger partial charge in [0.2, 0.25) is 0 Å². The van der Waals surface area contributed by atoms with Crippen LogP contribution in [0.25, 0.3) is 0 Å². The molecular formula is C16H19F3N4OS. The van der Waals surface area contributed by atoms with Crippen LogP contribution in [-0.2, 0) is 12.6 Å². The maximum atomic E-state index is 12.5. The summed E-state index contributed by atoms with van der Waals surface area (Å²) in [6.07, 6.45) is -4.02. The number of aliphatic imine (C=N–C) groups is 1. The first-order chi connectivity index (χ1) is 11.7. The topological polar surface area (TPSA) is 72.5 Å². The fourth-order valence-corrected chi connectivity index (χ4v) is 2.70. The fourth-order valence-electron chi connectivity index (χ4n) is 1.90. The van der Waals surface area contributed by atoms with Crippen LogP contribution in [0.15, 0.2) is 34.6 Å². The van der Waals surface area contributed by atoms with E-state index in [1.807, 2.05) is 26.0 Å². The molecule has 0 amide bonds. The fraction of sp³-hybridized carbons (Fsp3) is 0.375. The molecule has 3 N–H and O–H groups in total. The highest BCUT2D eigenvalue weighted by molar-refractivity contribution is 7.09. The molecular weight excluding hydrogens is 353 g/mol. The number of anilines is 1. The predicted molar refractivity (Wildman–Crippen MR) is 93.1 cm³/mol. The minimum absolute atomic E-state index is 0.0918. The Kier molecular flexibility index (Phi) is 6.24. The smallest absolute Gasteiger partial charge is 0.434 e. The number of aromatic nitrogens is 1. The third-order valence-electron chi connectivity index (χ3n) is 2.95. The van der Waals surface area contributed by atoms with Crippen LogP contribution in [0.3, 0.4) is 0 Å². The van der Waals surface area contributed by atoms with Crippen LogP contribution in [-0.4, -0.2) is 23.6 Å². The highest BCUT2D eigenvalue weighted by Crippen LogP contribution is 2.30. The minimum atomic E-state index is -4.41. The van der Waals surface area contributed by atoms with Gasteiger partial charge in [0, 0.05) is 24.0 Å². The Labute approximate surface area is 147 Å². The molecule has 2 rings (SSSR count). The molecule has 0 bridgehead atoms. The van der Waals surface area contributed by atoms with Gasteiger partial charge in [0.05, 0.1) is 11.1 Å². The lowest BCUT2D eigenvalue weighted by atomic mass is 10.3. The second-order valence-electron chi connectivity index (χ2n) is 5.46. The second-order valence-corrected chi connectivity index (χ2v) is 6.40. The molecule has 1 aromatic heterocycles. The first-order valence-corrected chi connectivity index (χ1v) is 8.47. The number of hydrogen-bond acceptors (Lipinski definition) is 4. The summed E-state index contributed by atoms with van der Waals surface area (Å²) in [6, 6.07) is 7.22. The van der Waals surface area contributed by atoms with E-state index < -0.39 is 11.9 Å². The molecule has 0 radical (unpaired) electrons. The number of guanidine groups is 1. The minimum Gasteiger partial charge on any atom is -0.491 e. The maximum Gasteiger partial charge on any atom is 0.434 e. The molecule has 1 aromatic carbocycles. The zero-order valence-electron chi connectivity index (χ0n) is 13.8. The number of nitrogens with two attached hydrogens (primary N) is 1. The Morgan fingerprint density at radius 2 is 2.00 bits per heavy atom. The molecule has 5 nitrogen and oxygen atoms in total. The standard InChI is InChI=1S/C16H19F3N4OS/c1-10(2)24-12-5-3-11(4-6-12)22-15(20)21-8-7-14-23-13(9-25-14)16(17,18)19/h3-6,9-10H,7-8H2,1-2H3,(H3,20,21,22). The average Bonchev–Trinajstić information content (AvgIpc) is 2.98. The lowest BCUT2D eigenvalue weighted by Gasteiger charge is -2.10. The van der Waals surface area contributed by atoms with Gasteiger partial charge in [0.15, 0.2) is 11.7 Å². The number of nitrogens with one attached hydrogen (secondary N) is 1. The third kappa shape index (κ3) is 6.26. The Morgan fingerprint density at radius 1 is 1.32 bits per heavy atom. The van der Waals surface area contributed by atoms with Crippen molar-refractivity contribution in [3.8, 4) is 5.75 Å². The molecule has 0 fully saturated rings. The predicted octanol–water partition coefficient (Wildman–Crippen LogP) is 3.92. The largest absolute Gasteiger partial charge is 0.491 e. The molecule has 0 aliphatic carbocycles. The van der Waals surface area contributed by atoms with Gasteiger partial charge >= 0.3 is 6.18 Å². The van der Waals surface area contributed by atoms with Crippen LogP contribution >= 0.6 is 11.3 Å². The summed E-state index contributed by atoms with van der Waals surface area (Å²) in [4.78, 5) is 7.64. The van der Waals surface area contributed by atoms with Crippen molar-refractivity contribution < 1.29 is 17.9 Å². The van der Waals surface area contributed by atoms with Gasteiger partial charge in [-0.2, -0.15) is 13.2 Å². The number of halogens is 3. The van der Waals surface area contributed by atoms with Crippen LogP contribution in [0.1, 0.15) is 24.5 Å². The lowest BCUT2D eigenvalue weighted by molar-refractivity contribution is -0.140. The van der Waals surface area contributed by atoms with E-state index >= 15 is 0 Å². The molecule has 1 heterocycles. The van der Waals surface area contributed by atoms with E-state index in [4.69, 9.17) is 10.5 Å². The zero-order valence-corrected chi connectivity index (χ0v) is 14.6. The van der Waals surface area contributed by atoms with Crippen molar-refractivity contribution in [1.82, 2.24) is 4.98 Å². The summed E-state index contributed by atoms with van der Waals surface area (Å²) in [6.45, 7) is 4.13. The van der Waals surface area contributed by atoms with E-state index in [1.165, 1.54) is 0 Å². The summed E-state index contributed by atoms with van der Waals surface area (Å²) in [5.41, 5.74) is 5.65. The molecule has 0 spiro atoms. The number of ether oxygens (including phenoxy) is 1. The van der Waals surface area contributed by atoms with Crippen molar-refractivity contribution in [2.45, 2.75) is 32.5 Å². The van der Waals surface area contributed by atoms with E-state index in [9.17, 15) is 13.2 Å². The van der Waals surface area contributed by atoms with E-state index in [2.05, 4.69) is 15.3 Å². The van der Waals surface area contributed by atoms with Crippen LogP contribution in [0.5, 0.6) is 5.75 Å². The first-order valence-electron chi connectivity index (χ1n) is 7.59. The summed E-state index contributed by atoms with van der Waals surface area (Å²) in [5, 5.41) is 4.29. The van der Waals surface area contributed by atoms with Crippen molar-refractivity contribution in [2.24, 2.45) is 10.7 Å². The molecule has 2 aromatic rings. The quantitative estimate of drug-likeness (QED) is 0.595. The molecule has 0 unspecified atom stereocenters. The summed E-state index contributed by atoms with van der Waals surface area (Å²) < 4.78 is 42.9. The van der Waals surface area contributed by atoms with Crippen molar-refractivity contribution >= 4 is 23.0 Å². The number of benzene rings is 1. The van der Waals surface area contributed by atoms with Crippen molar-refractivity contribution in [1.29, 1.82) is 0 Å². The number of hydrogen-bond donors (Lipinski definition) is 2. The molecule has 0 saturated carbocycles. The van der Waals surface area contributed by atoms with Crippen LogP contribution < -0.4 is 15.8 Å². The number of rotatable bonds is 6. The Hall–Kier alpha value is -2.29. The van der Waals surface area contributed by atoms with Gasteiger partial charge in [-0.25, -0.2) is 4.98 Å². The van der Waals surface area contributed by atoms with Gasteiger partial charge in [0.25, 0.3) is 0 Å². The van der Waals surface area contributed by atoms with E-state index in [1.54, 1.807) is 12.1 Å². The Bertz CT molecular complexity index is 711. The van der Waals surface area contributed by atoms with Gasteiger partial charge in [0.1, 0.15) is 5.75 Å². The normalized spacial score (nSPS) is 12.5. The number of thiazole rings is 1. The monoisotopic (exact) mass is 372 g/mol. The van der Waals surface area contributed by atoms with Gasteiger partial charge in [-0.05, 0) is 38.1 Å². The maximum absolute atomic E-state index is 12.5. The third-order valence-corrected chi connectivity index (χ3v) is 3.86. The second kappa shape index (κ2) is 8.19. The highest BCUT2D eigenvalue weighted by Gasteiger charge is 2.33. The average molecular weight is 372 g/mol. The Morgan fingerprint density at radius 3 is 2.56 bits per heavy atom. The lowest BCUT2D eigenvalue weighted by Crippen LogP contribution is -2.23. The molecule has 0 aliphatic heterocycles. The molecule has 9 heteroatoms. The van der Waals surface area contributed by atoms with Gasteiger partial charge in [-0.3, -0.25) is 4.99 Å². The van der Waals surface area contributed by atoms with Gasteiger partial charge in [-0.1, -0.05) is 0 Å². The van der Waals surface area contributed by atoms with Crippen molar-refractivity contribution in [2.75, 3.05) is 11.9 Å². The van der Waals surface area contributed by atoms with E-state index in [0.717, 1.165) is 28.2 Å².